The Balaban J connectivity index is 1.58. The molecule has 11 rings (SSSR count). The van der Waals surface area contributed by atoms with Crippen LogP contribution < -0.4 is 0 Å². The Labute approximate surface area is 228 Å². The highest BCUT2D eigenvalue weighted by Gasteiger charge is 2.24. The van der Waals surface area contributed by atoms with Gasteiger partial charge in [-0.05, 0) is 108 Å². The maximum absolute atomic E-state index is 2.39. The first-order chi connectivity index (χ1) is 19.9. The van der Waals surface area contributed by atoms with E-state index in [9.17, 15) is 0 Å². The number of rotatable bonds is 0. The molecule has 0 heteroatoms. The van der Waals surface area contributed by atoms with Crippen LogP contribution in [0.25, 0.3) is 108 Å². The van der Waals surface area contributed by atoms with Crippen molar-refractivity contribution in [2.45, 2.75) is 0 Å². The fourth-order valence-electron chi connectivity index (χ4n) is 8.31. The quantitative estimate of drug-likeness (QED) is 0.143. The maximum atomic E-state index is 2.39. The van der Waals surface area contributed by atoms with E-state index in [4.69, 9.17) is 0 Å². The van der Waals surface area contributed by atoms with E-state index in [1.165, 1.54) is 108 Å². The molecule has 0 fully saturated rings. The van der Waals surface area contributed by atoms with Gasteiger partial charge in [0.25, 0.3) is 0 Å². The third kappa shape index (κ3) is 2.06. The van der Waals surface area contributed by atoms with Crippen molar-refractivity contribution in [3.63, 3.8) is 0 Å². The van der Waals surface area contributed by atoms with E-state index in [1.807, 2.05) is 0 Å². The van der Waals surface area contributed by atoms with E-state index < -0.39 is 0 Å². The summed E-state index contributed by atoms with van der Waals surface area (Å²) < 4.78 is 0. The molecule has 0 aromatic heterocycles. The van der Waals surface area contributed by atoms with Gasteiger partial charge >= 0.3 is 0 Å². The summed E-state index contributed by atoms with van der Waals surface area (Å²) in [5.41, 5.74) is 0. The average molecular weight is 501 g/mol. The first-order valence-corrected chi connectivity index (χ1v) is 14.1. The number of hydrogen-bond donors (Lipinski definition) is 0. The van der Waals surface area contributed by atoms with Gasteiger partial charge in [0.1, 0.15) is 0 Å². The van der Waals surface area contributed by atoms with Crippen LogP contribution in [-0.2, 0) is 0 Å². The lowest BCUT2D eigenvalue weighted by atomic mass is 9.79. The molecule has 0 N–H and O–H groups in total. The summed E-state index contributed by atoms with van der Waals surface area (Å²) in [6.45, 7) is 0. The van der Waals surface area contributed by atoms with Crippen LogP contribution in [0.1, 0.15) is 0 Å². The summed E-state index contributed by atoms with van der Waals surface area (Å²) in [5, 5.41) is 27.4. The van der Waals surface area contributed by atoms with E-state index in [-0.39, 0.29) is 0 Å². The van der Waals surface area contributed by atoms with Crippen molar-refractivity contribution in [1.29, 1.82) is 0 Å². The number of fused-ring (bicyclic) bond motifs is 10. The highest BCUT2D eigenvalue weighted by atomic mass is 14.3. The van der Waals surface area contributed by atoms with Crippen molar-refractivity contribution < 1.29 is 0 Å². The zero-order valence-corrected chi connectivity index (χ0v) is 21.5. The van der Waals surface area contributed by atoms with Crippen molar-refractivity contribution in [3.8, 4) is 0 Å². The third-order valence-corrected chi connectivity index (χ3v) is 9.85. The van der Waals surface area contributed by atoms with E-state index in [2.05, 4.69) is 121 Å². The molecule has 40 heavy (non-hydrogen) atoms. The van der Waals surface area contributed by atoms with Crippen LogP contribution in [0.4, 0.5) is 0 Å². The molecule has 0 nitrogen and oxygen atoms in total. The molecule has 0 atom stereocenters. The van der Waals surface area contributed by atoms with Gasteiger partial charge < -0.3 is 0 Å². The molecule has 0 unspecified atom stereocenters. The Hall–Kier alpha value is -5.20. The lowest BCUT2D eigenvalue weighted by Gasteiger charge is -2.24. The van der Waals surface area contributed by atoms with Crippen molar-refractivity contribution in [2.24, 2.45) is 0 Å². The smallest absolute Gasteiger partial charge is 0.000718 e. The van der Waals surface area contributed by atoms with Crippen LogP contribution in [0.3, 0.4) is 0 Å². The van der Waals surface area contributed by atoms with E-state index >= 15 is 0 Å². The van der Waals surface area contributed by atoms with Gasteiger partial charge in [-0.15, -0.1) is 0 Å². The SMILES string of the molecule is c1ccc2c(c1)ccc1c3ccc4ccc5c6c7ccccc7ccc6c6ccc7ccc(c21)c1c7c6c5c4c31. The van der Waals surface area contributed by atoms with E-state index in [0.717, 1.165) is 0 Å². The normalized spacial score (nSPS) is 13.0. The maximum Gasteiger partial charge on any atom is -0.000718 e. The second-order valence-corrected chi connectivity index (χ2v) is 11.6. The molecule has 180 valence electrons. The lowest BCUT2D eigenvalue weighted by Crippen LogP contribution is -1.95. The fourth-order valence-corrected chi connectivity index (χ4v) is 8.31. The Morgan fingerprint density at radius 2 is 0.500 bits per heavy atom. The standard InChI is InChI=1S/C40H20/c1-3-7-25-21(5-1)9-15-27-29-17-11-24-14-20-32-36-26-8-4-2-6-22(26)10-16-28(36)30-18-12-23-13-19-31(35(25)27)39-33(23)38(30)40(32)34(24)37(29)39/h1-20H. The highest BCUT2D eigenvalue weighted by Crippen LogP contribution is 2.53. The topological polar surface area (TPSA) is 0 Å². The van der Waals surface area contributed by atoms with Gasteiger partial charge in [0, 0.05) is 0 Å². The molecule has 0 aliphatic carbocycles. The summed E-state index contributed by atoms with van der Waals surface area (Å²) in [7, 11) is 0. The van der Waals surface area contributed by atoms with Gasteiger partial charge in [-0.25, -0.2) is 0 Å². The van der Waals surface area contributed by atoms with Gasteiger partial charge in [-0.1, -0.05) is 121 Å². The molecule has 11 aromatic carbocycles. The Morgan fingerprint density at radius 3 is 0.950 bits per heavy atom. The van der Waals surface area contributed by atoms with Crippen LogP contribution in [0, 0.1) is 0 Å². The van der Waals surface area contributed by atoms with Gasteiger partial charge in [0.15, 0.2) is 0 Å². The first-order valence-electron chi connectivity index (χ1n) is 14.1. The van der Waals surface area contributed by atoms with Crippen molar-refractivity contribution in [3.05, 3.63) is 121 Å². The molecular weight excluding hydrogens is 480 g/mol. The van der Waals surface area contributed by atoms with Gasteiger partial charge in [-0.2, -0.15) is 0 Å². The van der Waals surface area contributed by atoms with Crippen LogP contribution in [0.5, 0.6) is 0 Å². The third-order valence-electron chi connectivity index (χ3n) is 9.85. The zero-order valence-electron chi connectivity index (χ0n) is 21.5. The minimum absolute atomic E-state index is 1.30. The van der Waals surface area contributed by atoms with Gasteiger partial charge in [0.2, 0.25) is 0 Å². The van der Waals surface area contributed by atoms with Crippen LogP contribution >= 0.6 is 0 Å². The Morgan fingerprint density at radius 1 is 0.175 bits per heavy atom. The number of hydrogen-bond acceptors (Lipinski definition) is 0. The molecule has 0 saturated heterocycles. The summed E-state index contributed by atoms with van der Waals surface area (Å²) in [6, 6.07) is 46.0. The van der Waals surface area contributed by atoms with Crippen molar-refractivity contribution >= 4 is 108 Å². The fraction of sp³-hybridized carbons (Fsp3) is 0. The monoisotopic (exact) mass is 500 g/mol. The molecule has 0 aliphatic heterocycles. The van der Waals surface area contributed by atoms with Crippen molar-refractivity contribution in [2.75, 3.05) is 0 Å². The van der Waals surface area contributed by atoms with Crippen LogP contribution in [0.2, 0.25) is 0 Å². The van der Waals surface area contributed by atoms with E-state index in [1.54, 1.807) is 0 Å². The molecule has 0 radical (unpaired) electrons. The Kier molecular flexibility index (Phi) is 3.22. The molecule has 0 aliphatic rings. The highest BCUT2D eigenvalue weighted by molar-refractivity contribution is 6.52. The predicted octanol–water partition coefficient (Wildman–Crippen LogP) is 11.5. The lowest BCUT2D eigenvalue weighted by molar-refractivity contribution is 1.79. The van der Waals surface area contributed by atoms with E-state index in [0.29, 0.717) is 0 Å². The average Bonchev–Trinajstić information content (AvgIpc) is 3.02. The summed E-state index contributed by atoms with van der Waals surface area (Å²) in [6.07, 6.45) is 0. The summed E-state index contributed by atoms with van der Waals surface area (Å²) >= 11 is 0. The molecular formula is C40H20. The molecule has 0 bridgehead atoms. The van der Waals surface area contributed by atoms with Gasteiger partial charge in [-0.3, -0.25) is 0 Å². The minimum Gasteiger partial charge on any atom is -0.0616 e. The second-order valence-electron chi connectivity index (χ2n) is 11.6. The summed E-state index contributed by atoms with van der Waals surface area (Å²) in [4.78, 5) is 0. The first kappa shape index (κ1) is 19.8. The molecule has 0 amide bonds. The largest absolute Gasteiger partial charge is 0.0616 e. The van der Waals surface area contributed by atoms with Crippen LogP contribution in [-0.4, -0.2) is 0 Å². The predicted molar refractivity (Wildman–Crippen MR) is 175 cm³/mol. The summed E-state index contributed by atoms with van der Waals surface area (Å²) in [5.74, 6) is 0. The molecule has 0 spiro atoms. The Bertz CT molecular complexity index is 2650. The van der Waals surface area contributed by atoms with Crippen molar-refractivity contribution in [1.82, 2.24) is 0 Å². The number of benzene rings is 11. The zero-order chi connectivity index (χ0) is 25.7. The minimum atomic E-state index is 1.30. The second kappa shape index (κ2) is 6.50. The molecule has 11 aromatic rings. The van der Waals surface area contributed by atoms with Crippen LogP contribution in [0.15, 0.2) is 121 Å². The molecule has 0 saturated carbocycles. The molecule has 0 heterocycles. The van der Waals surface area contributed by atoms with Gasteiger partial charge in [0.05, 0.1) is 0 Å².